The number of aliphatic hydroxyl groups excluding tert-OH is 2. The van der Waals surface area contributed by atoms with Gasteiger partial charge in [-0.15, -0.1) is 0 Å². The molecule has 0 aliphatic rings. The number of unbranched alkanes of at least 4 members (excludes halogenated alkanes) is 11. The third-order valence-electron chi connectivity index (χ3n) is 5.63. The standard InChI is InChI=1S/C23H47NO2/c1-3-4-5-6-7-8-9-10-11-12-13-14-15-16-17-18-23(24-2,19-21-25)20-22-26/h10-11,24-26H,3-9,12-22H2,1-2H3. The molecule has 0 aliphatic carbocycles. The van der Waals surface area contributed by atoms with Gasteiger partial charge in [0.1, 0.15) is 0 Å². The Morgan fingerprint density at radius 2 is 1.12 bits per heavy atom. The van der Waals surface area contributed by atoms with Gasteiger partial charge in [-0.2, -0.15) is 0 Å². The van der Waals surface area contributed by atoms with Crippen molar-refractivity contribution in [2.45, 2.75) is 115 Å². The van der Waals surface area contributed by atoms with Crippen molar-refractivity contribution in [1.29, 1.82) is 0 Å². The van der Waals surface area contributed by atoms with Crippen LogP contribution in [0.15, 0.2) is 12.2 Å². The lowest BCUT2D eigenvalue weighted by molar-refractivity contribution is 0.160. The molecule has 0 rings (SSSR count). The third-order valence-corrected chi connectivity index (χ3v) is 5.63. The van der Waals surface area contributed by atoms with E-state index in [9.17, 15) is 10.2 Å². The van der Waals surface area contributed by atoms with E-state index in [2.05, 4.69) is 24.4 Å². The molecule has 0 atom stereocenters. The Balaban J connectivity index is 3.50. The largest absolute Gasteiger partial charge is 0.396 e. The zero-order valence-electron chi connectivity index (χ0n) is 17.8. The van der Waals surface area contributed by atoms with Crippen molar-refractivity contribution in [3.63, 3.8) is 0 Å². The second-order valence-corrected chi connectivity index (χ2v) is 7.81. The van der Waals surface area contributed by atoms with Gasteiger partial charge in [-0.05, 0) is 52.0 Å². The number of hydrogen-bond donors (Lipinski definition) is 3. The number of nitrogens with one attached hydrogen (secondary N) is 1. The topological polar surface area (TPSA) is 52.5 Å². The lowest BCUT2D eigenvalue weighted by Crippen LogP contribution is -2.44. The molecule has 0 saturated carbocycles. The van der Waals surface area contributed by atoms with Crippen LogP contribution in [0.3, 0.4) is 0 Å². The molecule has 0 amide bonds. The Kier molecular flexibility index (Phi) is 19.1. The highest BCUT2D eigenvalue weighted by Crippen LogP contribution is 2.23. The van der Waals surface area contributed by atoms with Crippen molar-refractivity contribution < 1.29 is 10.2 Å². The van der Waals surface area contributed by atoms with Gasteiger partial charge in [-0.1, -0.05) is 76.9 Å². The zero-order chi connectivity index (χ0) is 19.3. The van der Waals surface area contributed by atoms with E-state index in [0.717, 1.165) is 19.3 Å². The highest BCUT2D eigenvalue weighted by Gasteiger charge is 2.26. The summed E-state index contributed by atoms with van der Waals surface area (Å²) in [5.41, 5.74) is -0.0806. The molecular formula is C23H47NO2. The van der Waals surface area contributed by atoms with Crippen molar-refractivity contribution >= 4 is 0 Å². The van der Waals surface area contributed by atoms with E-state index < -0.39 is 0 Å². The Morgan fingerprint density at radius 1 is 0.654 bits per heavy atom. The minimum absolute atomic E-state index is 0.0806. The summed E-state index contributed by atoms with van der Waals surface area (Å²) in [7, 11) is 1.95. The maximum absolute atomic E-state index is 9.26. The van der Waals surface area contributed by atoms with Gasteiger partial charge in [0.15, 0.2) is 0 Å². The highest BCUT2D eigenvalue weighted by molar-refractivity contribution is 4.86. The van der Waals surface area contributed by atoms with Gasteiger partial charge in [-0.25, -0.2) is 0 Å². The summed E-state index contributed by atoms with van der Waals surface area (Å²) in [5, 5.41) is 21.9. The Morgan fingerprint density at radius 3 is 1.58 bits per heavy atom. The lowest BCUT2D eigenvalue weighted by Gasteiger charge is -2.33. The van der Waals surface area contributed by atoms with Crippen molar-refractivity contribution in [2.24, 2.45) is 0 Å². The van der Waals surface area contributed by atoms with Gasteiger partial charge >= 0.3 is 0 Å². The van der Waals surface area contributed by atoms with Crippen LogP contribution in [0.2, 0.25) is 0 Å². The average Bonchev–Trinajstić information content (AvgIpc) is 2.65. The summed E-state index contributed by atoms with van der Waals surface area (Å²) in [6.45, 7) is 2.64. The summed E-state index contributed by atoms with van der Waals surface area (Å²) in [4.78, 5) is 0. The van der Waals surface area contributed by atoms with E-state index in [-0.39, 0.29) is 18.8 Å². The summed E-state index contributed by atoms with van der Waals surface area (Å²) in [6, 6.07) is 0. The van der Waals surface area contributed by atoms with E-state index >= 15 is 0 Å². The van der Waals surface area contributed by atoms with Crippen LogP contribution in [0.4, 0.5) is 0 Å². The van der Waals surface area contributed by atoms with Crippen molar-refractivity contribution in [3.05, 3.63) is 12.2 Å². The van der Waals surface area contributed by atoms with Crippen LogP contribution in [0, 0.1) is 0 Å². The predicted octanol–water partition coefficient (Wildman–Crippen LogP) is 5.75. The maximum atomic E-state index is 9.26. The molecule has 3 heteroatoms. The number of hydrogen-bond acceptors (Lipinski definition) is 3. The van der Waals surface area contributed by atoms with Gasteiger partial charge in [0.05, 0.1) is 0 Å². The maximum Gasteiger partial charge on any atom is 0.0448 e. The molecule has 0 aromatic rings. The fourth-order valence-electron chi connectivity index (χ4n) is 3.71. The average molecular weight is 370 g/mol. The van der Waals surface area contributed by atoms with Crippen LogP contribution in [0.25, 0.3) is 0 Å². The van der Waals surface area contributed by atoms with E-state index in [1.807, 2.05) is 7.05 Å². The van der Waals surface area contributed by atoms with E-state index in [1.54, 1.807) is 0 Å². The zero-order valence-corrected chi connectivity index (χ0v) is 17.8. The first-order valence-electron chi connectivity index (χ1n) is 11.3. The molecule has 0 aromatic heterocycles. The van der Waals surface area contributed by atoms with Crippen molar-refractivity contribution in [2.75, 3.05) is 20.3 Å². The predicted molar refractivity (Wildman–Crippen MR) is 115 cm³/mol. The molecule has 26 heavy (non-hydrogen) atoms. The second kappa shape index (κ2) is 19.4. The molecule has 0 heterocycles. The van der Waals surface area contributed by atoms with Crippen LogP contribution in [0.5, 0.6) is 0 Å². The molecule has 0 spiro atoms. The molecule has 156 valence electrons. The Labute approximate surface area is 163 Å². The summed E-state index contributed by atoms with van der Waals surface area (Å²) in [6.07, 6.45) is 24.4. The molecule has 0 aliphatic heterocycles. The van der Waals surface area contributed by atoms with Gasteiger partial charge in [0, 0.05) is 18.8 Å². The summed E-state index contributed by atoms with van der Waals surface area (Å²) < 4.78 is 0. The van der Waals surface area contributed by atoms with Crippen LogP contribution in [0.1, 0.15) is 110 Å². The SMILES string of the molecule is CCCCCCCCC=CCCCCCCCC(CCO)(CCO)NC. The fourth-order valence-corrected chi connectivity index (χ4v) is 3.71. The number of aliphatic hydroxyl groups is 2. The van der Waals surface area contributed by atoms with Crippen LogP contribution >= 0.6 is 0 Å². The van der Waals surface area contributed by atoms with Crippen molar-refractivity contribution in [3.8, 4) is 0 Å². The molecule has 0 unspecified atom stereocenters. The van der Waals surface area contributed by atoms with Gasteiger partial charge in [-0.3, -0.25) is 0 Å². The minimum atomic E-state index is -0.0806. The first-order chi connectivity index (χ1) is 12.7. The first-order valence-corrected chi connectivity index (χ1v) is 11.3. The van der Waals surface area contributed by atoms with Gasteiger partial charge < -0.3 is 15.5 Å². The van der Waals surface area contributed by atoms with Crippen LogP contribution in [-0.2, 0) is 0 Å². The van der Waals surface area contributed by atoms with Crippen LogP contribution < -0.4 is 5.32 Å². The van der Waals surface area contributed by atoms with Gasteiger partial charge in [0.25, 0.3) is 0 Å². The summed E-state index contributed by atoms with van der Waals surface area (Å²) in [5.74, 6) is 0. The molecule has 0 bridgehead atoms. The van der Waals surface area contributed by atoms with Crippen LogP contribution in [-0.4, -0.2) is 36.0 Å². The monoisotopic (exact) mass is 369 g/mol. The first kappa shape index (κ1) is 25.6. The Hall–Kier alpha value is -0.380. The molecule has 3 N–H and O–H groups in total. The van der Waals surface area contributed by atoms with E-state index in [0.29, 0.717) is 0 Å². The normalized spacial score (nSPS) is 12.3. The minimum Gasteiger partial charge on any atom is -0.396 e. The van der Waals surface area contributed by atoms with Crippen molar-refractivity contribution in [1.82, 2.24) is 5.32 Å². The summed E-state index contributed by atoms with van der Waals surface area (Å²) >= 11 is 0. The molecule has 0 saturated heterocycles. The quantitative estimate of drug-likeness (QED) is 0.189. The Bertz CT molecular complexity index is 299. The molecule has 0 radical (unpaired) electrons. The second-order valence-electron chi connectivity index (χ2n) is 7.81. The smallest absolute Gasteiger partial charge is 0.0448 e. The molecular weight excluding hydrogens is 322 g/mol. The number of allylic oxidation sites excluding steroid dienone is 2. The lowest BCUT2D eigenvalue weighted by atomic mass is 9.86. The van der Waals surface area contributed by atoms with E-state index in [4.69, 9.17) is 0 Å². The molecule has 0 aromatic carbocycles. The van der Waals surface area contributed by atoms with Gasteiger partial charge in [0.2, 0.25) is 0 Å². The number of rotatable bonds is 20. The molecule has 3 nitrogen and oxygen atoms in total. The molecule has 0 fully saturated rings. The van der Waals surface area contributed by atoms with E-state index in [1.165, 1.54) is 83.5 Å². The fraction of sp³-hybridized carbons (Fsp3) is 0.913. The highest BCUT2D eigenvalue weighted by atomic mass is 16.3. The third kappa shape index (κ3) is 14.8.